The average Bonchev–Trinajstić information content (AvgIpc) is 2.42. The molecular formula is C16H21BrINO. The van der Waals surface area contributed by atoms with Gasteiger partial charge in [0.15, 0.2) is 0 Å². The summed E-state index contributed by atoms with van der Waals surface area (Å²) < 4.78 is 8.59. The van der Waals surface area contributed by atoms with E-state index >= 15 is 0 Å². The van der Waals surface area contributed by atoms with Gasteiger partial charge in [-0.1, -0.05) is 15.9 Å². The molecule has 2 nitrogen and oxygen atoms in total. The molecule has 1 saturated heterocycles. The van der Waals surface area contributed by atoms with Crippen LogP contribution < -0.4 is 5.32 Å². The number of ether oxygens (including phenoxy) is 1. The Morgan fingerprint density at radius 2 is 2.25 bits per heavy atom. The molecule has 1 aliphatic carbocycles. The fraction of sp³-hybridized carbons (Fsp3) is 0.625. The molecule has 20 heavy (non-hydrogen) atoms. The third-order valence-electron chi connectivity index (χ3n) is 4.87. The van der Waals surface area contributed by atoms with E-state index < -0.39 is 0 Å². The van der Waals surface area contributed by atoms with Gasteiger partial charge < -0.3 is 10.1 Å². The van der Waals surface area contributed by atoms with E-state index in [4.69, 9.17) is 4.74 Å². The lowest BCUT2D eigenvalue weighted by Gasteiger charge is -2.49. The molecule has 1 aromatic carbocycles. The number of nitrogens with one attached hydrogen (secondary N) is 1. The van der Waals surface area contributed by atoms with Crippen LogP contribution in [-0.2, 0) is 4.74 Å². The third-order valence-corrected chi connectivity index (χ3v) is 6.26. The van der Waals surface area contributed by atoms with Gasteiger partial charge in [-0.2, -0.15) is 0 Å². The van der Waals surface area contributed by atoms with Crippen molar-refractivity contribution in [1.29, 1.82) is 0 Å². The Morgan fingerprint density at radius 3 is 2.90 bits per heavy atom. The Bertz CT molecular complexity index is 489. The maximum Gasteiger partial charge on any atom is 0.0686 e. The summed E-state index contributed by atoms with van der Waals surface area (Å²) in [6.45, 7) is 0.921. The third kappa shape index (κ3) is 2.94. The molecule has 2 aliphatic rings. The smallest absolute Gasteiger partial charge is 0.0686 e. The van der Waals surface area contributed by atoms with E-state index in [-0.39, 0.29) is 5.60 Å². The van der Waals surface area contributed by atoms with E-state index in [1.165, 1.54) is 39.3 Å². The van der Waals surface area contributed by atoms with E-state index in [1.54, 1.807) is 0 Å². The van der Waals surface area contributed by atoms with Crippen molar-refractivity contribution in [3.05, 3.63) is 31.8 Å². The minimum Gasteiger partial charge on any atom is -0.375 e. The van der Waals surface area contributed by atoms with Crippen LogP contribution in [-0.4, -0.2) is 19.3 Å². The second kappa shape index (κ2) is 6.23. The van der Waals surface area contributed by atoms with Crippen LogP contribution >= 0.6 is 38.5 Å². The van der Waals surface area contributed by atoms with Crippen molar-refractivity contribution in [2.75, 3.05) is 13.7 Å². The lowest BCUT2D eigenvalue weighted by molar-refractivity contribution is -0.147. The van der Waals surface area contributed by atoms with Gasteiger partial charge in [0.05, 0.1) is 5.60 Å². The molecule has 2 fully saturated rings. The van der Waals surface area contributed by atoms with E-state index in [1.807, 2.05) is 0 Å². The average molecular weight is 450 g/mol. The Kier molecular flexibility index (Phi) is 4.75. The van der Waals surface area contributed by atoms with Gasteiger partial charge in [0.1, 0.15) is 0 Å². The second-order valence-electron chi connectivity index (χ2n) is 6.07. The largest absolute Gasteiger partial charge is 0.375 e. The molecule has 1 spiro atoms. The maximum atomic E-state index is 6.08. The van der Waals surface area contributed by atoms with Crippen molar-refractivity contribution >= 4 is 38.5 Å². The first-order chi connectivity index (χ1) is 9.63. The molecule has 2 unspecified atom stereocenters. The highest BCUT2D eigenvalue weighted by molar-refractivity contribution is 14.1. The zero-order chi connectivity index (χ0) is 14.2. The van der Waals surface area contributed by atoms with E-state index in [0.717, 1.165) is 13.0 Å². The fourth-order valence-corrected chi connectivity index (χ4v) is 4.68. The summed E-state index contributed by atoms with van der Waals surface area (Å²) >= 11 is 6.12. The molecule has 1 N–H and O–H groups in total. The Hall–Kier alpha value is 0.350. The van der Waals surface area contributed by atoms with E-state index in [2.05, 4.69) is 69.1 Å². The highest BCUT2D eigenvalue weighted by Gasteiger charge is 2.44. The van der Waals surface area contributed by atoms with Gasteiger partial charge in [0, 0.05) is 20.7 Å². The molecule has 1 aromatic rings. The topological polar surface area (TPSA) is 21.3 Å². The molecular weight excluding hydrogens is 429 g/mol. The summed E-state index contributed by atoms with van der Waals surface area (Å²) in [5, 5.41) is 3.55. The van der Waals surface area contributed by atoms with Crippen molar-refractivity contribution in [1.82, 2.24) is 5.32 Å². The highest BCUT2D eigenvalue weighted by Crippen LogP contribution is 2.47. The standard InChI is InChI=1S/C16H21BrINO/c1-19-15(13-9-12(18)3-4-14(13)17)11-5-8-20-16(10-11)6-2-7-16/h3-4,9,11,15,19H,2,5-8,10H2,1H3. The molecule has 3 rings (SSSR count). The van der Waals surface area contributed by atoms with Crippen LogP contribution in [0.1, 0.15) is 43.7 Å². The Balaban J connectivity index is 1.83. The highest BCUT2D eigenvalue weighted by atomic mass is 127. The lowest BCUT2D eigenvalue weighted by atomic mass is 9.69. The zero-order valence-electron chi connectivity index (χ0n) is 11.8. The molecule has 0 radical (unpaired) electrons. The van der Waals surface area contributed by atoms with Gasteiger partial charge >= 0.3 is 0 Å². The molecule has 2 atom stereocenters. The first-order valence-electron chi connectivity index (χ1n) is 7.40. The lowest BCUT2D eigenvalue weighted by Crippen LogP contribution is -2.47. The Morgan fingerprint density at radius 1 is 1.45 bits per heavy atom. The number of benzene rings is 1. The van der Waals surface area contributed by atoms with Crippen LogP contribution in [0.3, 0.4) is 0 Å². The normalized spacial score (nSPS) is 26.2. The maximum absolute atomic E-state index is 6.08. The van der Waals surface area contributed by atoms with E-state index in [9.17, 15) is 0 Å². The van der Waals surface area contributed by atoms with Gasteiger partial charge in [-0.15, -0.1) is 0 Å². The predicted octanol–water partition coefficient (Wildman–Crippen LogP) is 4.66. The van der Waals surface area contributed by atoms with Crippen LogP contribution in [0.15, 0.2) is 22.7 Å². The molecule has 1 heterocycles. The van der Waals surface area contributed by atoms with Crippen LogP contribution in [0.5, 0.6) is 0 Å². The first kappa shape index (κ1) is 15.3. The van der Waals surface area contributed by atoms with Gasteiger partial charge in [0.2, 0.25) is 0 Å². The van der Waals surface area contributed by atoms with Gasteiger partial charge in [0.25, 0.3) is 0 Å². The molecule has 110 valence electrons. The number of halogens is 2. The summed E-state index contributed by atoms with van der Waals surface area (Å²) in [6.07, 6.45) is 6.21. The summed E-state index contributed by atoms with van der Waals surface area (Å²) in [6, 6.07) is 7.04. The molecule has 0 bridgehead atoms. The Labute approximate surface area is 143 Å². The van der Waals surface area contributed by atoms with Crippen LogP contribution in [0.4, 0.5) is 0 Å². The van der Waals surface area contributed by atoms with Crippen molar-refractivity contribution in [2.45, 2.75) is 43.7 Å². The number of rotatable bonds is 3. The first-order valence-corrected chi connectivity index (χ1v) is 9.27. The number of hydrogen-bond donors (Lipinski definition) is 1. The minimum absolute atomic E-state index is 0.215. The van der Waals surface area contributed by atoms with Crippen molar-refractivity contribution in [2.24, 2.45) is 5.92 Å². The minimum atomic E-state index is 0.215. The molecule has 1 aliphatic heterocycles. The quantitative estimate of drug-likeness (QED) is 0.677. The monoisotopic (exact) mass is 449 g/mol. The van der Waals surface area contributed by atoms with Gasteiger partial charge in [-0.3, -0.25) is 0 Å². The summed E-state index contributed by atoms with van der Waals surface area (Å²) in [7, 11) is 2.08. The van der Waals surface area contributed by atoms with Crippen LogP contribution in [0, 0.1) is 9.49 Å². The van der Waals surface area contributed by atoms with Crippen molar-refractivity contribution in [3.63, 3.8) is 0 Å². The van der Waals surface area contributed by atoms with Gasteiger partial charge in [-0.25, -0.2) is 0 Å². The number of hydrogen-bond acceptors (Lipinski definition) is 2. The fourth-order valence-electron chi connectivity index (χ4n) is 3.67. The van der Waals surface area contributed by atoms with Crippen LogP contribution in [0.2, 0.25) is 0 Å². The summed E-state index contributed by atoms with van der Waals surface area (Å²) in [5.74, 6) is 0.670. The van der Waals surface area contributed by atoms with E-state index in [0.29, 0.717) is 12.0 Å². The van der Waals surface area contributed by atoms with Crippen molar-refractivity contribution in [3.8, 4) is 0 Å². The predicted molar refractivity (Wildman–Crippen MR) is 93.9 cm³/mol. The van der Waals surface area contributed by atoms with Crippen LogP contribution in [0.25, 0.3) is 0 Å². The molecule has 4 heteroatoms. The summed E-state index contributed by atoms with van der Waals surface area (Å²) in [5.41, 5.74) is 1.60. The van der Waals surface area contributed by atoms with Gasteiger partial charge in [-0.05, 0) is 91.4 Å². The second-order valence-corrected chi connectivity index (χ2v) is 8.17. The van der Waals surface area contributed by atoms with Crippen molar-refractivity contribution < 1.29 is 4.74 Å². The molecule has 0 amide bonds. The summed E-state index contributed by atoms with van der Waals surface area (Å²) in [4.78, 5) is 0. The SMILES string of the molecule is CNC(c1cc(I)ccc1Br)C1CCOC2(CCC2)C1. The molecule has 0 aromatic heterocycles. The molecule has 1 saturated carbocycles. The zero-order valence-corrected chi connectivity index (χ0v) is 15.5.